The van der Waals surface area contributed by atoms with Crippen molar-refractivity contribution in [2.75, 3.05) is 13.7 Å². The number of esters is 1. The third-order valence-electron chi connectivity index (χ3n) is 9.11. The first-order valence-corrected chi connectivity index (χ1v) is 17.2. The molecule has 1 aliphatic carbocycles. The van der Waals surface area contributed by atoms with Gasteiger partial charge in [0.25, 0.3) is 0 Å². The topological polar surface area (TPSA) is 129 Å². The van der Waals surface area contributed by atoms with Crippen molar-refractivity contribution in [3.63, 3.8) is 0 Å². The molecule has 1 saturated heterocycles. The highest BCUT2D eigenvalue weighted by molar-refractivity contribution is 5.91. The molecule has 1 N–H and O–H groups in total. The molecule has 2 unspecified atom stereocenters. The fourth-order valence-electron chi connectivity index (χ4n) is 6.68. The fraction of sp³-hybridized carbons (Fsp3) is 0.649. The van der Waals surface area contributed by atoms with Crippen LogP contribution in [0.2, 0.25) is 0 Å². The summed E-state index contributed by atoms with van der Waals surface area (Å²) < 4.78 is 23.9. The van der Waals surface area contributed by atoms with Crippen molar-refractivity contribution in [3.8, 4) is 11.6 Å². The van der Waals surface area contributed by atoms with Crippen molar-refractivity contribution in [3.05, 3.63) is 30.0 Å². The van der Waals surface area contributed by atoms with Crippen LogP contribution in [0, 0.1) is 23.2 Å². The number of rotatable bonds is 4. The summed E-state index contributed by atoms with van der Waals surface area (Å²) in [5, 5.41) is 2.87. The zero-order chi connectivity index (χ0) is 35.0. The van der Waals surface area contributed by atoms with Crippen molar-refractivity contribution >= 4 is 35.1 Å². The van der Waals surface area contributed by atoms with E-state index >= 15 is 0 Å². The van der Waals surface area contributed by atoms with Crippen LogP contribution in [-0.2, 0) is 19.1 Å². The van der Waals surface area contributed by atoms with Crippen LogP contribution < -0.4 is 14.8 Å². The Labute approximate surface area is 284 Å². The number of hydrogen-bond acceptors (Lipinski definition) is 9. The highest BCUT2D eigenvalue weighted by atomic mass is 16.6. The summed E-state index contributed by atoms with van der Waals surface area (Å²) in [4.78, 5) is 53.2. The molecule has 2 aliphatic heterocycles. The summed E-state index contributed by atoms with van der Waals surface area (Å²) in [6.45, 7) is 15.3. The minimum absolute atomic E-state index is 0.0924. The summed E-state index contributed by atoms with van der Waals surface area (Å²) in [6.07, 6.45) is 6.62. The van der Waals surface area contributed by atoms with E-state index in [2.05, 4.69) is 25.2 Å². The van der Waals surface area contributed by atoms with E-state index < -0.39 is 53.1 Å². The molecule has 1 saturated carbocycles. The van der Waals surface area contributed by atoms with Gasteiger partial charge >= 0.3 is 12.1 Å². The lowest BCUT2D eigenvalue weighted by molar-refractivity contribution is -0.165. The Morgan fingerprint density at radius 1 is 1.06 bits per heavy atom. The second-order valence-corrected chi connectivity index (χ2v) is 15.9. The van der Waals surface area contributed by atoms with E-state index in [4.69, 9.17) is 28.9 Å². The van der Waals surface area contributed by atoms with Gasteiger partial charge in [0, 0.05) is 12.0 Å². The molecule has 1 aromatic heterocycles. The van der Waals surface area contributed by atoms with E-state index in [9.17, 15) is 14.4 Å². The Hall–Kier alpha value is -3.89. The standard InChI is InChI=1S/C37H52N4O7/c1-21(2)17-24-29-20-41(30(24)34(43)48-37(6,7)8)33(42)31(36(3,4)5)40-35(44)47-28-18-22(28)13-11-10-12-14-26-32(46-29)39-27-19-23(45-9)15-16-25(27)38-26/h12,14-16,19,21-22,24,28-31H,10-11,13,17-18,20H2,1-9H3,(H,40,44)/b14-12+/t22?,24?,28-,29-,30-,31+/m0/s1. The Morgan fingerprint density at radius 2 is 1.81 bits per heavy atom. The van der Waals surface area contributed by atoms with Crippen LogP contribution >= 0.6 is 0 Å². The first-order chi connectivity index (χ1) is 22.5. The second kappa shape index (κ2) is 13.9. The van der Waals surface area contributed by atoms with E-state index in [1.807, 2.05) is 65.8 Å². The number of carbonyl (C=O) groups excluding carboxylic acids is 3. The molecule has 5 rings (SSSR count). The van der Waals surface area contributed by atoms with E-state index in [1.165, 1.54) is 4.90 Å². The predicted octanol–water partition coefficient (Wildman–Crippen LogP) is 6.33. The summed E-state index contributed by atoms with van der Waals surface area (Å²) >= 11 is 0. The Morgan fingerprint density at radius 3 is 2.48 bits per heavy atom. The van der Waals surface area contributed by atoms with Gasteiger partial charge in [-0.05, 0) is 88.3 Å². The maximum atomic E-state index is 14.6. The number of allylic oxidation sites excluding steroid dienone is 1. The van der Waals surface area contributed by atoms with Gasteiger partial charge in [-0.2, -0.15) is 0 Å². The molecule has 11 heteroatoms. The number of benzene rings is 1. The van der Waals surface area contributed by atoms with Crippen molar-refractivity contribution in [1.82, 2.24) is 20.2 Å². The average Bonchev–Trinajstić information content (AvgIpc) is 3.62. The average molecular weight is 665 g/mol. The quantitative estimate of drug-likeness (QED) is 0.373. The van der Waals surface area contributed by atoms with Crippen molar-refractivity contribution in [2.45, 2.75) is 117 Å². The molecule has 2 fully saturated rings. The number of hydrogen-bond donors (Lipinski definition) is 1. The minimum atomic E-state index is -0.962. The van der Waals surface area contributed by atoms with Gasteiger partial charge in [0.1, 0.15) is 41.3 Å². The maximum absolute atomic E-state index is 14.6. The molecule has 1 aromatic carbocycles. The zero-order valence-electron chi connectivity index (χ0n) is 29.9. The smallest absolute Gasteiger partial charge is 0.408 e. The Kier molecular flexibility index (Phi) is 10.3. The molecule has 11 nitrogen and oxygen atoms in total. The number of carbonyl (C=O) groups is 3. The van der Waals surface area contributed by atoms with Gasteiger partial charge < -0.3 is 29.2 Å². The van der Waals surface area contributed by atoms with Crippen LogP contribution in [0.15, 0.2) is 24.3 Å². The summed E-state index contributed by atoms with van der Waals surface area (Å²) in [7, 11) is 1.60. The zero-order valence-corrected chi connectivity index (χ0v) is 29.9. The van der Waals surface area contributed by atoms with Gasteiger partial charge in [0.05, 0.1) is 24.7 Å². The van der Waals surface area contributed by atoms with Gasteiger partial charge in [-0.15, -0.1) is 0 Å². The highest BCUT2D eigenvalue weighted by Gasteiger charge is 2.53. The number of methoxy groups -OCH3 is 1. The maximum Gasteiger partial charge on any atom is 0.408 e. The first kappa shape index (κ1) is 35.4. The molecule has 262 valence electrons. The lowest BCUT2D eigenvalue weighted by Crippen LogP contribution is -2.58. The normalized spacial score (nSPS) is 27.5. The van der Waals surface area contributed by atoms with Gasteiger partial charge in [-0.25, -0.2) is 19.6 Å². The monoisotopic (exact) mass is 664 g/mol. The van der Waals surface area contributed by atoms with Crippen LogP contribution in [0.25, 0.3) is 17.1 Å². The fourth-order valence-corrected chi connectivity index (χ4v) is 6.68. The molecule has 0 spiro atoms. The Bertz CT molecular complexity index is 1540. The molecule has 0 radical (unpaired) electrons. The third-order valence-corrected chi connectivity index (χ3v) is 9.11. The number of amides is 2. The lowest BCUT2D eigenvalue weighted by Gasteiger charge is -2.36. The van der Waals surface area contributed by atoms with Gasteiger partial charge in [0.2, 0.25) is 11.8 Å². The van der Waals surface area contributed by atoms with E-state index in [0.717, 1.165) is 25.7 Å². The number of nitrogens with one attached hydrogen (secondary N) is 1. The second-order valence-electron chi connectivity index (χ2n) is 15.9. The minimum Gasteiger partial charge on any atom is -0.497 e. The summed E-state index contributed by atoms with van der Waals surface area (Å²) in [5.41, 5.74) is 0.399. The van der Waals surface area contributed by atoms with E-state index in [1.54, 1.807) is 7.11 Å². The van der Waals surface area contributed by atoms with Gasteiger partial charge in [0.15, 0.2) is 0 Å². The van der Waals surface area contributed by atoms with E-state index in [0.29, 0.717) is 34.8 Å². The first-order valence-electron chi connectivity index (χ1n) is 17.2. The van der Waals surface area contributed by atoms with Gasteiger partial charge in [-0.3, -0.25) is 4.79 Å². The molecule has 2 amide bonds. The molecular weight excluding hydrogens is 612 g/mol. The molecule has 3 aliphatic rings. The lowest BCUT2D eigenvalue weighted by atomic mass is 9.85. The molecule has 2 aromatic rings. The van der Waals surface area contributed by atoms with Crippen molar-refractivity contribution in [1.29, 1.82) is 0 Å². The van der Waals surface area contributed by atoms with Crippen LogP contribution in [0.1, 0.15) is 93.2 Å². The van der Waals surface area contributed by atoms with Crippen LogP contribution in [0.5, 0.6) is 11.6 Å². The number of alkyl carbamates (subject to hydrolysis) is 1. The largest absolute Gasteiger partial charge is 0.497 e. The molecule has 2 bridgehead atoms. The molecule has 3 heterocycles. The number of aromatic nitrogens is 2. The van der Waals surface area contributed by atoms with Crippen LogP contribution in [0.3, 0.4) is 0 Å². The van der Waals surface area contributed by atoms with E-state index in [-0.39, 0.29) is 24.5 Å². The van der Waals surface area contributed by atoms with Gasteiger partial charge in [-0.1, -0.05) is 40.7 Å². The third kappa shape index (κ3) is 8.39. The number of nitrogens with zero attached hydrogens (tertiary/aromatic N) is 3. The SMILES string of the molecule is COc1ccc2nc3c(nc2c1)O[C@H]1CN(C(=O)[C@H](C(C)(C)C)NC(=O)O[C@H]2CC2CCC/C=C/3)[C@H](C(=O)OC(C)(C)C)C1CC(C)C. The van der Waals surface area contributed by atoms with Crippen LogP contribution in [-0.4, -0.2) is 76.4 Å². The molecule has 48 heavy (non-hydrogen) atoms. The summed E-state index contributed by atoms with van der Waals surface area (Å²) in [6, 6.07) is 3.61. The molecular formula is C37H52N4O7. The van der Waals surface area contributed by atoms with Crippen molar-refractivity contribution < 1.29 is 33.3 Å². The predicted molar refractivity (Wildman–Crippen MR) is 182 cm³/mol. The number of ether oxygens (including phenoxy) is 4. The summed E-state index contributed by atoms with van der Waals surface area (Å²) in [5.74, 6) is 0.0964. The van der Waals surface area contributed by atoms with Crippen molar-refractivity contribution in [2.24, 2.45) is 23.2 Å². The number of fused-ring (bicyclic) bond motifs is 5. The molecule has 6 atom stereocenters. The highest BCUT2D eigenvalue weighted by Crippen LogP contribution is 2.40. The Balaban J connectivity index is 1.62. The van der Waals surface area contributed by atoms with Crippen LogP contribution in [0.4, 0.5) is 4.79 Å².